The summed E-state index contributed by atoms with van der Waals surface area (Å²) in [6, 6.07) is 7.57. The Hall–Kier alpha value is -0.980. The van der Waals surface area contributed by atoms with Gasteiger partial charge < -0.3 is 9.84 Å². The predicted octanol–water partition coefficient (Wildman–Crippen LogP) is 5.12. The van der Waals surface area contributed by atoms with Crippen molar-refractivity contribution >= 4 is 31.9 Å². The number of benzene rings is 2. The van der Waals surface area contributed by atoms with Gasteiger partial charge in [-0.3, -0.25) is 0 Å². The minimum absolute atomic E-state index is 0.166. The number of hydrogen-bond donors (Lipinski definition) is 1. The van der Waals surface area contributed by atoms with Gasteiger partial charge in [0.1, 0.15) is 24.0 Å². The Morgan fingerprint density at radius 2 is 1.90 bits per heavy atom. The largest absolute Gasteiger partial charge is 0.488 e. The quantitative estimate of drug-likeness (QED) is 0.694. The smallest absolute Gasteiger partial charge is 0.146 e. The molecule has 0 heterocycles. The lowest BCUT2D eigenvalue weighted by molar-refractivity contribution is 0.189. The van der Waals surface area contributed by atoms with E-state index in [1.54, 1.807) is 25.1 Å². The van der Waals surface area contributed by atoms with E-state index in [9.17, 15) is 13.9 Å². The van der Waals surface area contributed by atoms with Crippen LogP contribution in [0.25, 0.3) is 0 Å². The van der Waals surface area contributed by atoms with E-state index in [-0.39, 0.29) is 16.6 Å². The van der Waals surface area contributed by atoms with Gasteiger partial charge in [0.05, 0.1) is 16.1 Å². The lowest BCUT2D eigenvalue weighted by Crippen LogP contribution is -2.05. The second-order valence-corrected chi connectivity index (χ2v) is 6.24. The molecule has 2 nitrogen and oxygen atoms in total. The summed E-state index contributed by atoms with van der Waals surface area (Å²) in [6.45, 7) is 1.32. The Kier molecular flexibility index (Phi) is 5.35. The Balaban J connectivity index is 2.29. The molecular weight excluding hydrogens is 410 g/mol. The van der Waals surface area contributed by atoms with Crippen LogP contribution in [0.15, 0.2) is 39.3 Å². The lowest BCUT2D eigenvalue weighted by Gasteiger charge is -2.15. The van der Waals surface area contributed by atoms with Gasteiger partial charge in [-0.25, -0.2) is 8.78 Å². The Labute approximate surface area is 138 Å². The van der Waals surface area contributed by atoms with Crippen molar-refractivity contribution in [2.24, 2.45) is 0 Å². The summed E-state index contributed by atoms with van der Waals surface area (Å²) >= 11 is 6.31. The molecule has 0 fully saturated rings. The lowest BCUT2D eigenvalue weighted by atomic mass is 10.1. The molecule has 0 amide bonds. The standard InChI is InChI=1S/C15H12Br2F2O2/c1-8(20)10-3-2-9(16)6-14(10)21-7-11-13(18)5-4-12(17)15(11)19/h2-6,8,20H,7H2,1H3/t8-/m1/s1. The van der Waals surface area contributed by atoms with Crippen molar-refractivity contribution in [1.82, 2.24) is 0 Å². The Bertz CT molecular complexity index is 660. The zero-order valence-electron chi connectivity index (χ0n) is 11.0. The Morgan fingerprint density at radius 1 is 1.19 bits per heavy atom. The molecular formula is C15H12Br2F2O2. The van der Waals surface area contributed by atoms with Crippen LogP contribution in [-0.2, 0) is 6.61 Å². The van der Waals surface area contributed by atoms with Gasteiger partial charge in [-0.1, -0.05) is 22.0 Å². The van der Waals surface area contributed by atoms with E-state index in [0.29, 0.717) is 11.3 Å². The van der Waals surface area contributed by atoms with Crippen LogP contribution in [0.5, 0.6) is 5.75 Å². The first kappa shape index (κ1) is 16.4. The van der Waals surface area contributed by atoms with Gasteiger partial charge >= 0.3 is 0 Å². The van der Waals surface area contributed by atoms with Crippen LogP contribution in [0.1, 0.15) is 24.2 Å². The zero-order valence-corrected chi connectivity index (χ0v) is 14.2. The predicted molar refractivity (Wildman–Crippen MR) is 83.2 cm³/mol. The second-order valence-electron chi connectivity index (χ2n) is 4.47. The molecule has 0 spiro atoms. The molecule has 0 aliphatic rings. The summed E-state index contributed by atoms with van der Waals surface area (Å²) in [5, 5.41) is 9.69. The molecule has 2 rings (SSSR count). The van der Waals surface area contributed by atoms with E-state index in [2.05, 4.69) is 31.9 Å². The summed E-state index contributed by atoms with van der Waals surface area (Å²) in [5.41, 5.74) is 0.384. The van der Waals surface area contributed by atoms with Crippen LogP contribution in [0.3, 0.4) is 0 Å². The molecule has 0 aliphatic carbocycles. The molecule has 1 N–H and O–H groups in total. The summed E-state index contributed by atoms with van der Waals surface area (Å²) in [7, 11) is 0. The average molecular weight is 422 g/mol. The molecule has 2 aromatic rings. The van der Waals surface area contributed by atoms with Crippen molar-refractivity contribution in [1.29, 1.82) is 0 Å². The monoisotopic (exact) mass is 420 g/mol. The van der Waals surface area contributed by atoms with Gasteiger partial charge in [0.25, 0.3) is 0 Å². The SMILES string of the molecule is C[C@@H](O)c1ccc(Br)cc1OCc1c(F)ccc(Br)c1F. The van der Waals surface area contributed by atoms with Crippen molar-refractivity contribution in [2.45, 2.75) is 19.6 Å². The van der Waals surface area contributed by atoms with E-state index in [0.717, 1.165) is 4.47 Å². The van der Waals surface area contributed by atoms with Gasteiger partial charge in [-0.15, -0.1) is 0 Å². The fraction of sp³-hybridized carbons (Fsp3) is 0.200. The highest BCUT2D eigenvalue weighted by atomic mass is 79.9. The first-order valence-electron chi connectivity index (χ1n) is 6.13. The van der Waals surface area contributed by atoms with Gasteiger partial charge in [0.15, 0.2) is 0 Å². The molecule has 0 saturated carbocycles. The number of aliphatic hydroxyl groups excluding tert-OH is 1. The molecule has 0 bridgehead atoms. The summed E-state index contributed by atoms with van der Waals surface area (Å²) in [6.07, 6.45) is -0.745. The Morgan fingerprint density at radius 3 is 2.57 bits per heavy atom. The number of rotatable bonds is 4. The minimum Gasteiger partial charge on any atom is -0.488 e. The van der Waals surface area contributed by atoms with Crippen LogP contribution in [-0.4, -0.2) is 5.11 Å². The van der Waals surface area contributed by atoms with Crippen LogP contribution in [0.2, 0.25) is 0 Å². The van der Waals surface area contributed by atoms with Crippen molar-refractivity contribution in [3.05, 3.63) is 62.0 Å². The fourth-order valence-electron chi connectivity index (χ4n) is 1.83. The number of hydrogen-bond acceptors (Lipinski definition) is 2. The van der Waals surface area contributed by atoms with Crippen molar-refractivity contribution in [3.8, 4) is 5.75 Å². The minimum atomic E-state index is -0.745. The highest BCUT2D eigenvalue weighted by Crippen LogP contribution is 2.30. The molecule has 0 unspecified atom stereocenters. The molecule has 6 heteroatoms. The van der Waals surface area contributed by atoms with Crippen LogP contribution < -0.4 is 4.74 Å². The summed E-state index contributed by atoms with van der Waals surface area (Å²) < 4.78 is 34.0. The van der Waals surface area contributed by atoms with E-state index in [1.807, 2.05) is 0 Å². The van der Waals surface area contributed by atoms with E-state index >= 15 is 0 Å². The third-order valence-electron chi connectivity index (χ3n) is 2.94. The number of aliphatic hydroxyl groups is 1. The summed E-state index contributed by atoms with van der Waals surface area (Å²) in [5.74, 6) is -0.994. The molecule has 1 atom stereocenters. The maximum Gasteiger partial charge on any atom is 0.146 e. The van der Waals surface area contributed by atoms with Gasteiger partial charge in [0.2, 0.25) is 0 Å². The third kappa shape index (κ3) is 3.81. The fourth-order valence-corrected chi connectivity index (χ4v) is 2.54. The number of ether oxygens (including phenoxy) is 1. The van der Waals surface area contributed by atoms with Crippen LogP contribution in [0.4, 0.5) is 8.78 Å². The molecule has 21 heavy (non-hydrogen) atoms. The van der Waals surface area contributed by atoms with Crippen LogP contribution >= 0.6 is 31.9 Å². The summed E-state index contributed by atoms with van der Waals surface area (Å²) in [4.78, 5) is 0. The topological polar surface area (TPSA) is 29.5 Å². The molecule has 112 valence electrons. The van der Waals surface area contributed by atoms with Gasteiger partial charge in [-0.2, -0.15) is 0 Å². The maximum absolute atomic E-state index is 13.9. The first-order chi connectivity index (χ1) is 9.90. The highest BCUT2D eigenvalue weighted by Gasteiger charge is 2.15. The third-order valence-corrected chi connectivity index (χ3v) is 4.04. The highest BCUT2D eigenvalue weighted by molar-refractivity contribution is 9.10. The first-order valence-corrected chi connectivity index (χ1v) is 7.71. The van der Waals surface area contributed by atoms with Crippen LogP contribution in [0, 0.1) is 11.6 Å². The zero-order chi connectivity index (χ0) is 15.6. The van der Waals surface area contributed by atoms with E-state index < -0.39 is 17.7 Å². The van der Waals surface area contributed by atoms with E-state index in [4.69, 9.17) is 4.74 Å². The van der Waals surface area contributed by atoms with Crippen molar-refractivity contribution < 1.29 is 18.6 Å². The van der Waals surface area contributed by atoms with Crippen molar-refractivity contribution in [3.63, 3.8) is 0 Å². The molecule has 0 aromatic heterocycles. The van der Waals surface area contributed by atoms with Gasteiger partial charge in [0, 0.05) is 10.0 Å². The molecule has 0 aliphatic heterocycles. The normalized spacial score (nSPS) is 12.3. The molecule has 0 radical (unpaired) electrons. The number of halogens is 4. The van der Waals surface area contributed by atoms with Gasteiger partial charge in [-0.05, 0) is 47.1 Å². The maximum atomic E-state index is 13.9. The average Bonchev–Trinajstić information content (AvgIpc) is 2.43. The van der Waals surface area contributed by atoms with E-state index in [1.165, 1.54) is 12.1 Å². The second kappa shape index (κ2) is 6.85. The molecule has 0 saturated heterocycles. The molecule has 2 aromatic carbocycles. The van der Waals surface area contributed by atoms with Crippen molar-refractivity contribution in [2.75, 3.05) is 0 Å².